The van der Waals surface area contributed by atoms with Crippen LogP contribution in [0.5, 0.6) is 5.75 Å². The average Bonchev–Trinajstić information content (AvgIpc) is 2.36. The molecule has 0 aliphatic rings. The Morgan fingerprint density at radius 1 is 1.47 bits per heavy atom. The molecule has 0 fully saturated rings. The number of aromatic nitrogens is 2. The third-order valence-electron chi connectivity index (χ3n) is 1.87. The van der Waals surface area contributed by atoms with Crippen LogP contribution >= 0.6 is 11.8 Å². The van der Waals surface area contributed by atoms with Crippen LogP contribution in [0.3, 0.4) is 0 Å². The number of hydrogen-bond donors (Lipinski definition) is 1. The first kappa shape index (κ1) is 13.6. The summed E-state index contributed by atoms with van der Waals surface area (Å²) in [4.78, 5) is 19.2. The van der Waals surface area contributed by atoms with Gasteiger partial charge in [0.1, 0.15) is 11.4 Å². The summed E-state index contributed by atoms with van der Waals surface area (Å²) >= 11 is 1.25. The van der Waals surface area contributed by atoms with Gasteiger partial charge in [-0.05, 0) is 6.92 Å². The lowest BCUT2D eigenvalue weighted by Gasteiger charge is -2.11. The Morgan fingerprint density at radius 2 is 2.24 bits per heavy atom. The molecular weight excluding hydrogens is 242 g/mol. The number of hydrogen-bond acceptors (Lipinski definition) is 7. The summed E-state index contributed by atoms with van der Waals surface area (Å²) in [6, 6.07) is 0. The minimum Gasteiger partial charge on any atom is -0.490 e. The highest BCUT2D eigenvalue weighted by atomic mass is 32.2. The zero-order valence-corrected chi connectivity index (χ0v) is 10.8. The van der Waals surface area contributed by atoms with Gasteiger partial charge in [-0.15, -0.1) is 0 Å². The van der Waals surface area contributed by atoms with E-state index in [1.54, 1.807) is 7.11 Å². The van der Waals surface area contributed by atoms with Crippen LogP contribution in [0.25, 0.3) is 0 Å². The lowest BCUT2D eigenvalue weighted by atomic mass is 10.5. The second-order valence-corrected chi connectivity index (χ2v) is 3.92. The van der Waals surface area contributed by atoms with E-state index in [1.165, 1.54) is 25.2 Å². The average molecular weight is 257 g/mol. The fraction of sp³-hybridized carbons (Fsp3) is 0.500. The van der Waals surface area contributed by atoms with E-state index in [2.05, 4.69) is 20.0 Å². The Morgan fingerprint density at radius 3 is 2.82 bits per heavy atom. The molecule has 0 bridgehead atoms. The number of rotatable bonds is 6. The first-order chi connectivity index (χ1) is 8.22. The molecule has 94 valence electrons. The van der Waals surface area contributed by atoms with Crippen molar-refractivity contribution in [3.05, 3.63) is 6.33 Å². The molecule has 0 spiro atoms. The molecule has 1 aromatic rings. The predicted octanol–water partition coefficient (Wildman–Crippen LogP) is 1.18. The molecule has 7 heteroatoms. The molecule has 0 amide bonds. The largest absolute Gasteiger partial charge is 0.490 e. The maximum Gasteiger partial charge on any atom is 0.316 e. The molecule has 0 saturated heterocycles. The standard InChI is InChI=1S/C10H15N3O3S/c1-4-11-9-8(16-3)10(13-6-12-9)17-5-7(14)15-2/h6H,4-5H2,1-3H3,(H,11,12,13). The first-order valence-corrected chi connectivity index (χ1v) is 6.04. The van der Waals surface area contributed by atoms with Gasteiger partial charge in [-0.2, -0.15) is 0 Å². The maximum absolute atomic E-state index is 11.1. The van der Waals surface area contributed by atoms with Gasteiger partial charge in [-0.3, -0.25) is 4.79 Å². The quantitative estimate of drug-likeness (QED) is 0.466. The highest BCUT2D eigenvalue weighted by Crippen LogP contribution is 2.32. The van der Waals surface area contributed by atoms with Gasteiger partial charge < -0.3 is 14.8 Å². The molecule has 0 aliphatic heterocycles. The summed E-state index contributed by atoms with van der Waals surface area (Å²) in [6.45, 7) is 2.69. The van der Waals surface area contributed by atoms with Crippen molar-refractivity contribution in [1.82, 2.24) is 9.97 Å². The minimum atomic E-state index is -0.305. The Balaban J connectivity index is 2.83. The number of thioether (sulfide) groups is 1. The van der Waals surface area contributed by atoms with Crippen molar-refractivity contribution >= 4 is 23.5 Å². The van der Waals surface area contributed by atoms with Gasteiger partial charge in [0.25, 0.3) is 0 Å². The molecule has 0 atom stereocenters. The van der Waals surface area contributed by atoms with Crippen molar-refractivity contribution < 1.29 is 14.3 Å². The van der Waals surface area contributed by atoms with Crippen LogP contribution in [-0.4, -0.2) is 42.5 Å². The minimum absolute atomic E-state index is 0.190. The molecule has 1 rings (SSSR count). The lowest BCUT2D eigenvalue weighted by Crippen LogP contribution is -2.06. The highest BCUT2D eigenvalue weighted by Gasteiger charge is 2.13. The van der Waals surface area contributed by atoms with Gasteiger partial charge >= 0.3 is 5.97 Å². The third kappa shape index (κ3) is 3.77. The zero-order chi connectivity index (χ0) is 12.7. The number of esters is 1. The van der Waals surface area contributed by atoms with E-state index >= 15 is 0 Å². The molecule has 6 nitrogen and oxygen atoms in total. The van der Waals surface area contributed by atoms with Crippen LogP contribution < -0.4 is 10.1 Å². The highest BCUT2D eigenvalue weighted by molar-refractivity contribution is 8.00. The number of methoxy groups -OCH3 is 2. The van der Waals surface area contributed by atoms with Crippen LogP contribution in [0.1, 0.15) is 6.92 Å². The topological polar surface area (TPSA) is 73.3 Å². The number of carbonyl (C=O) groups is 1. The summed E-state index contributed by atoms with van der Waals surface area (Å²) in [5.74, 6) is 1.05. The molecule has 1 aromatic heterocycles. The van der Waals surface area contributed by atoms with Crippen molar-refractivity contribution in [3.8, 4) is 5.75 Å². The Labute approximate surface area is 104 Å². The molecular formula is C10H15N3O3S. The molecule has 0 aromatic carbocycles. The molecule has 0 unspecified atom stereocenters. The second kappa shape index (κ2) is 6.95. The van der Waals surface area contributed by atoms with Crippen LogP contribution in [0.4, 0.5) is 5.82 Å². The van der Waals surface area contributed by atoms with Gasteiger partial charge in [-0.25, -0.2) is 9.97 Å². The summed E-state index contributed by atoms with van der Waals surface area (Å²) in [6.07, 6.45) is 1.43. The van der Waals surface area contributed by atoms with Gasteiger partial charge in [0.2, 0.25) is 0 Å². The van der Waals surface area contributed by atoms with Crippen LogP contribution in [0, 0.1) is 0 Å². The van der Waals surface area contributed by atoms with Crippen LogP contribution in [0.15, 0.2) is 11.4 Å². The molecule has 0 aliphatic carbocycles. The van der Waals surface area contributed by atoms with Gasteiger partial charge in [0.05, 0.1) is 20.0 Å². The van der Waals surface area contributed by atoms with E-state index in [-0.39, 0.29) is 11.7 Å². The Kier molecular flexibility index (Phi) is 5.55. The molecule has 0 radical (unpaired) electrons. The van der Waals surface area contributed by atoms with E-state index in [0.29, 0.717) is 16.6 Å². The summed E-state index contributed by atoms with van der Waals surface area (Å²) in [5.41, 5.74) is 0. The lowest BCUT2D eigenvalue weighted by molar-refractivity contribution is -0.137. The molecule has 0 saturated carbocycles. The normalized spacial score (nSPS) is 9.82. The summed E-state index contributed by atoms with van der Waals surface area (Å²) in [7, 11) is 2.89. The summed E-state index contributed by atoms with van der Waals surface area (Å²) in [5, 5.41) is 3.68. The number of ether oxygens (including phenoxy) is 2. The molecule has 17 heavy (non-hydrogen) atoms. The van der Waals surface area contributed by atoms with E-state index in [9.17, 15) is 4.79 Å². The summed E-state index contributed by atoms with van der Waals surface area (Å²) < 4.78 is 9.80. The predicted molar refractivity (Wildman–Crippen MR) is 65.5 cm³/mol. The van der Waals surface area contributed by atoms with E-state index in [0.717, 1.165) is 6.54 Å². The maximum atomic E-state index is 11.1. The van der Waals surface area contributed by atoms with Crippen molar-refractivity contribution in [1.29, 1.82) is 0 Å². The smallest absolute Gasteiger partial charge is 0.316 e. The number of nitrogens with one attached hydrogen (secondary N) is 1. The van der Waals surface area contributed by atoms with Crippen molar-refractivity contribution in [2.75, 3.05) is 31.8 Å². The van der Waals surface area contributed by atoms with Crippen molar-refractivity contribution in [2.24, 2.45) is 0 Å². The Hall–Kier alpha value is -1.50. The third-order valence-corrected chi connectivity index (χ3v) is 2.82. The number of anilines is 1. The van der Waals surface area contributed by atoms with E-state index in [1.807, 2.05) is 6.92 Å². The SMILES string of the molecule is CCNc1ncnc(SCC(=O)OC)c1OC. The second-order valence-electron chi connectivity index (χ2n) is 2.96. The van der Waals surface area contributed by atoms with Crippen LogP contribution in [0.2, 0.25) is 0 Å². The molecule has 1 N–H and O–H groups in total. The Bertz CT molecular complexity index is 387. The van der Waals surface area contributed by atoms with Gasteiger partial charge in [0.15, 0.2) is 11.6 Å². The van der Waals surface area contributed by atoms with Crippen LogP contribution in [-0.2, 0) is 9.53 Å². The van der Waals surface area contributed by atoms with E-state index in [4.69, 9.17) is 4.74 Å². The number of nitrogens with zero attached hydrogens (tertiary/aromatic N) is 2. The van der Waals surface area contributed by atoms with Crippen molar-refractivity contribution in [3.63, 3.8) is 0 Å². The number of carbonyl (C=O) groups excluding carboxylic acids is 1. The van der Waals surface area contributed by atoms with Crippen molar-refractivity contribution in [2.45, 2.75) is 11.9 Å². The zero-order valence-electron chi connectivity index (χ0n) is 10.0. The van der Waals surface area contributed by atoms with Gasteiger partial charge in [-0.1, -0.05) is 11.8 Å². The fourth-order valence-electron chi connectivity index (χ4n) is 1.12. The monoisotopic (exact) mass is 257 g/mol. The first-order valence-electron chi connectivity index (χ1n) is 5.05. The van der Waals surface area contributed by atoms with Gasteiger partial charge in [0, 0.05) is 6.54 Å². The molecule has 1 heterocycles. The fourth-order valence-corrected chi connectivity index (χ4v) is 1.93. The van der Waals surface area contributed by atoms with E-state index < -0.39 is 0 Å².